The van der Waals surface area contributed by atoms with Gasteiger partial charge in [-0.25, -0.2) is 0 Å². The van der Waals surface area contributed by atoms with Gasteiger partial charge in [0, 0.05) is 30.9 Å². The topological polar surface area (TPSA) is 42.0 Å². The lowest BCUT2D eigenvalue weighted by atomic mass is 10.1. The van der Waals surface area contributed by atoms with E-state index >= 15 is 0 Å². The fourth-order valence-corrected chi connectivity index (χ4v) is 2.69. The number of carbonyl (C=O) groups is 1. The molecule has 98 valence electrons. The fourth-order valence-electron chi connectivity index (χ4n) is 2.03. The van der Waals surface area contributed by atoms with E-state index in [-0.39, 0.29) is 5.91 Å². The van der Waals surface area contributed by atoms with Crippen LogP contribution in [0.25, 0.3) is 11.1 Å². The molecular formula is C15H16N2OS. The largest absolute Gasteiger partial charge is 0.352 e. The van der Waals surface area contributed by atoms with Crippen LogP contribution in [0.2, 0.25) is 0 Å². The standard InChI is InChI=1S/C15H16N2OS/c18-15(6-11-1-2-11)17-8-12-5-14(9-16-7-12)13-3-4-19-10-13/h3-5,7,9-11H,1-2,6,8H2,(H,17,18). The Balaban J connectivity index is 1.61. The quantitative estimate of drug-likeness (QED) is 0.908. The molecule has 3 rings (SSSR count). The number of nitrogens with zero attached hydrogens (tertiary/aromatic N) is 1. The molecule has 0 radical (unpaired) electrons. The maximum atomic E-state index is 11.7. The summed E-state index contributed by atoms with van der Waals surface area (Å²) in [5, 5.41) is 7.13. The average molecular weight is 272 g/mol. The van der Waals surface area contributed by atoms with Gasteiger partial charge in [-0.2, -0.15) is 11.3 Å². The number of thiophene rings is 1. The third kappa shape index (κ3) is 3.41. The maximum absolute atomic E-state index is 11.7. The summed E-state index contributed by atoms with van der Waals surface area (Å²) in [7, 11) is 0. The smallest absolute Gasteiger partial charge is 0.220 e. The number of hydrogen-bond donors (Lipinski definition) is 1. The van der Waals surface area contributed by atoms with Crippen molar-refractivity contribution in [2.24, 2.45) is 5.92 Å². The molecule has 19 heavy (non-hydrogen) atoms. The van der Waals surface area contributed by atoms with E-state index in [0.29, 0.717) is 18.9 Å². The van der Waals surface area contributed by atoms with Crippen LogP contribution in [0, 0.1) is 5.92 Å². The summed E-state index contributed by atoms with van der Waals surface area (Å²) in [6.45, 7) is 0.566. The van der Waals surface area contributed by atoms with Gasteiger partial charge in [-0.1, -0.05) is 0 Å². The lowest BCUT2D eigenvalue weighted by Crippen LogP contribution is -2.22. The van der Waals surface area contributed by atoms with Crippen LogP contribution in [0.1, 0.15) is 24.8 Å². The highest BCUT2D eigenvalue weighted by Gasteiger charge is 2.24. The lowest BCUT2D eigenvalue weighted by molar-refractivity contribution is -0.121. The Morgan fingerprint density at radius 2 is 2.26 bits per heavy atom. The number of rotatable bonds is 5. The molecule has 4 heteroatoms. The monoisotopic (exact) mass is 272 g/mol. The molecule has 1 N–H and O–H groups in total. The van der Waals surface area contributed by atoms with Gasteiger partial charge in [0.2, 0.25) is 5.91 Å². The molecule has 1 saturated carbocycles. The van der Waals surface area contributed by atoms with Crippen LogP contribution in [0.5, 0.6) is 0 Å². The first-order valence-electron chi connectivity index (χ1n) is 6.54. The fraction of sp³-hybridized carbons (Fsp3) is 0.333. The predicted molar refractivity (Wildman–Crippen MR) is 76.7 cm³/mol. The van der Waals surface area contributed by atoms with E-state index in [9.17, 15) is 4.79 Å². The molecule has 1 fully saturated rings. The van der Waals surface area contributed by atoms with Gasteiger partial charge < -0.3 is 5.32 Å². The average Bonchev–Trinajstić information content (AvgIpc) is 3.07. The molecule has 2 aromatic heterocycles. The normalized spacial score (nSPS) is 14.3. The number of aromatic nitrogens is 1. The van der Waals surface area contributed by atoms with Crippen molar-refractivity contribution in [3.05, 3.63) is 40.8 Å². The van der Waals surface area contributed by atoms with E-state index in [4.69, 9.17) is 0 Å². The minimum atomic E-state index is 0.156. The van der Waals surface area contributed by atoms with Gasteiger partial charge >= 0.3 is 0 Å². The van der Waals surface area contributed by atoms with Crippen molar-refractivity contribution in [3.8, 4) is 11.1 Å². The molecule has 1 aliphatic rings. The van der Waals surface area contributed by atoms with Crippen molar-refractivity contribution in [3.63, 3.8) is 0 Å². The molecular weight excluding hydrogens is 256 g/mol. The van der Waals surface area contributed by atoms with Crippen LogP contribution in [-0.4, -0.2) is 10.9 Å². The van der Waals surface area contributed by atoms with Crippen LogP contribution in [0.3, 0.4) is 0 Å². The summed E-state index contributed by atoms with van der Waals surface area (Å²) in [6.07, 6.45) is 6.77. The number of carbonyl (C=O) groups excluding carboxylic acids is 1. The summed E-state index contributed by atoms with van der Waals surface area (Å²) in [5.74, 6) is 0.790. The van der Waals surface area contributed by atoms with Gasteiger partial charge in [-0.3, -0.25) is 9.78 Å². The highest BCUT2D eigenvalue weighted by Crippen LogP contribution is 2.32. The Bertz CT molecular complexity index is 561. The molecule has 1 amide bonds. The van der Waals surface area contributed by atoms with Crippen molar-refractivity contribution >= 4 is 17.2 Å². The SMILES string of the molecule is O=C(CC1CC1)NCc1cncc(-c2ccsc2)c1. The Kier molecular flexibility index (Phi) is 3.60. The number of hydrogen-bond acceptors (Lipinski definition) is 3. The number of pyridine rings is 1. The molecule has 0 aliphatic heterocycles. The molecule has 0 unspecified atom stereocenters. The zero-order valence-electron chi connectivity index (χ0n) is 10.6. The summed E-state index contributed by atoms with van der Waals surface area (Å²) in [5.41, 5.74) is 3.34. The van der Waals surface area contributed by atoms with Crippen molar-refractivity contribution in [2.45, 2.75) is 25.8 Å². The Labute approximate surface area is 116 Å². The minimum absolute atomic E-state index is 0.156. The van der Waals surface area contributed by atoms with Crippen LogP contribution in [0.4, 0.5) is 0 Å². The van der Waals surface area contributed by atoms with Crippen molar-refractivity contribution in [2.75, 3.05) is 0 Å². The summed E-state index contributed by atoms with van der Waals surface area (Å²) in [6, 6.07) is 4.17. The maximum Gasteiger partial charge on any atom is 0.220 e. The van der Waals surface area contributed by atoms with E-state index in [2.05, 4.69) is 33.2 Å². The Morgan fingerprint density at radius 1 is 1.37 bits per heavy atom. The van der Waals surface area contributed by atoms with Crippen molar-refractivity contribution in [1.82, 2.24) is 10.3 Å². The van der Waals surface area contributed by atoms with Gasteiger partial charge in [-0.15, -0.1) is 0 Å². The minimum Gasteiger partial charge on any atom is -0.352 e. The highest BCUT2D eigenvalue weighted by molar-refractivity contribution is 7.08. The molecule has 3 nitrogen and oxygen atoms in total. The van der Waals surface area contributed by atoms with Gasteiger partial charge in [0.1, 0.15) is 0 Å². The van der Waals surface area contributed by atoms with E-state index < -0.39 is 0 Å². The van der Waals surface area contributed by atoms with Crippen LogP contribution in [-0.2, 0) is 11.3 Å². The molecule has 0 bridgehead atoms. The first-order chi connectivity index (χ1) is 9.31. The first-order valence-corrected chi connectivity index (χ1v) is 7.49. The third-order valence-corrected chi connectivity index (χ3v) is 3.99. The van der Waals surface area contributed by atoms with E-state index in [1.54, 1.807) is 11.3 Å². The van der Waals surface area contributed by atoms with Crippen molar-refractivity contribution in [1.29, 1.82) is 0 Å². The lowest BCUT2D eigenvalue weighted by Gasteiger charge is -2.06. The molecule has 1 aliphatic carbocycles. The first kappa shape index (κ1) is 12.4. The highest BCUT2D eigenvalue weighted by atomic mass is 32.1. The Morgan fingerprint density at radius 3 is 3.00 bits per heavy atom. The van der Waals surface area contributed by atoms with E-state index in [0.717, 1.165) is 11.1 Å². The molecule has 2 heterocycles. The number of amides is 1. The number of nitrogens with one attached hydrogen (secondary N) is 1. The molecule has 0 aromatic carbocycles. The summed E-state index contributed by atoms with van der Waals surface area (Å²) < 4.78 is 0. The second kappa shape index (κ2) is 5.53. The zero-order valence-corrected chi connectivity index (χ0v) is 11.5. The van der Waals surface area contributed by atoms with Crippen molar-refractivity contribution < 1.29 is 4.79 Å². The summed E-state index contributed by atoms with van der Waals surface area (Å²) in [4.78, 5) is 15.9. The third-order valence-electron chi connectivity index (χ3n) is 3.31. The summed E-state index contributed by atoms with van der Waals surface area (Å²) >= 11 is 1.67. The van der Waals surface area contributed by atoms with Gasteiger partial charge in [0.25, 0.3) is 0 Å². The van der Waals surface area contributed by atoms with E-state index in [1.807, 2.05) is 12.4 Å². The Hall–Kier alpha value is -1.68. The zero-order chi connectivity index (χ0) is 13.1. The molecule has 0 atom stereocenters. The van der Waals surface area contributed by atoms with E-state index in [1.165, 1.54) is 18.4 Å². The van der Waals surface area contributed by atoms with Gasteiger partial charge in [0.15, 0.2) is 0 Å². The molecule has 0 spiro atoms. The molecule has 2 aromatic rings. The van der Waals surface area contributed by atoms with Crippen LogP contribution >= 0.6 is 11.3 Å². The predicted octanol–water partition coefficient (Wildman–Crippen LogP) is 3.23. The van der Waals surface area contributed by atoms with Crippen LogP contribution < -0.4 is 5.32 Å². The van der Waals surface area contributed by atoms with Crippen LogP contribution in [0.15, 0.2) is 35.3 Å². The molecule has 0 saturated heterocycles. The van der Waals surface area contributed by atoms with Gasteiger partial charge in [-0.05, 0) is 52.8 Å². The van der Waals surface area contributed by atoms with Gasteiger partial charge in [0.05, 0.1) is 0 Å². The second-order valence-corrected chi connectivity index (χ2v) is 5.80. The second-order valence-electron chi connectivity index (χ2n) is 5.02.